The summed E-state index contributed by atoms with van der Waals surface area (Å²) in [5.41, 5.74) is 4.20. The summed E-state index contributed by atoms with van der Waals surface area (Å²) in [7, 11) is -2.17. The molecule has 0 aliphatic carbocycles. The van der Waals surface area contributed by atoms with Crippen LogP contribution in [0.3, 0.4) is 0 Å². The number of anilines is 1. The lowest BCUT2D eigenvalue weighted by molar-refractivity contribution is -0.137. The maximum Gasteiger partial charge on any atom is 0.303 e. The Balaban J connectivity index is 1.67. The molecule has 1 unspecified atom stereocenters. The van der Waals surface area contributed by atoms with E-state index < -0.39 is 21.7 Å². The van der Waals surface area contributed by atoms with E-state index in [2.05, 4.69) is 5.43 Å². The highest BCUT2D eigenvalue weighted by molar-refractivity contribution is 7.91. The number of sulfone groups is 1. The number of aliphatic carboxylic acids is 1. The van der Waals surface area contributed by atoms with Crippen LogP contribution in [0.25, 0.3) is 0 Å². The van der Waals surface area contributed by atoms with Crippen molar-refractivity contribution in [1.29, 1.82) is 0 Å². The van der Waals surface area contributed by atoms with Gasteiger partial charge in [-0.2, -0.15) is 0 Å². The van der Waals surface area contributed by atoms with E-state index in [1.165, 1.54) is 17.1 Å². The summed E-state index contributed by atoms with van der Waals surface area (Å²) in [4.78, 5) is 22.7. The molecule has 10 heteroatoms. The molecular weight excluding hydrogens is 484 g/mol. The van der Waals surface area contributed by atoms with Crippen molar-refractivity contribution in [2.45, 2.75) is 17.2 Å². The zero-order chi connectivity index (χ0) is 26.0. The molecule has 0 aliphatic rings. The molecule has 0 saturated carbocycles. The summed E-state index contributed by atoms with van der Waals surface area (Å²) in [5, 5.41) is 10.6. The van der Waals surface area contributed by atoms with E-state index in [4.69, 9.17) is 9.47 Å². The zero-order valence-electron chi connectivity index (χ0n) is 19.7. The molecule has 3 aromatic rings. The predicted octanol–water partition coefficient (Wildman–Crippen LogP) is 3.62. The lowest BCUT2D eigenvalue weighted by Gasteiger charge is -2.18. The molecular formula is C26H28N2O7S. The number of hydrogen-bond acceptors (Lipinski definition) is 7. The second kappa shape index (κ2) is 12.8. The van der Waals surface area contributed by atoms with Crippen molar-refractivity contribution in [1.82, 2.24) is 5.43 Å². The molecule has 190 valence electrons. The number of ether oxygens (including phenoxy) is 2. The number of rotatable bonds is 14. The lowest BCUT2D eigenvalue weighted by atomic mass is 9.98. The van der Waals surface area contributed by atoms with Gasteiger partial charge in [0, 0.05) is 19.6 Å². The first kappa shape index (κ1) is 26.9. The molecule has 2 N–H and O–H groups in total. The first-order chi connectivity index (χ1) is 17.3. The van der Waals surface area contributed by atoms with Crippen LogP contribution in [0, 0.1) is 0 Å². The topological polar surface area (TPSA) is 122 Å². The van der Waals surface area contributed by atoms with Gasteiger partial charge in [-0.25, -0.2) is 18.9 Å². The molecule has 3 rings (SSSR count). The molecule has 36 heavy (non-hydrogen) atoms. The Bertz CT molecular complexity index is 1230. The number of carbonyl (C=O) groups excluding carboxylic acids is 1. The van der Waals surface area contributed by atoms with Crippen molar-refractivity contribution in [2.24, 2.45) is 0 Å². The van der Waals surface area contributed by atoms with E-state index in [0.717, 1.165) is 0 Å². The van der Waals surface area contributed by atoms with Crippen LogP contribution in [0.1, 0.15) is 17.9 Å². The van der Waals surface area contributed by atoms with Gasteiger partial charge in [-0.3, -0.25) is 9.59 Å². The molecule has 0 fully saturated rings. The molecule has 0 saturated heterocycles. The average molecular weight is 513 g/mol. The van der Waals surface area contributed by atoms with Gasteiger partial charge < -0.3 is 14.6 Å². The summed E-state index contributed by atoms with van der Waals surface area (Å²) in [5.74, 6) is -1.12. The highest BCUT2D eigenvalue weighted by Crippen LogP contribution is 2.28. The molecule has 3 aromatic carbocycles. The molecule has 0 aliphatic heterocycles. The summed E-state index contributed by atoms with van der Waals surface area (Å²) >= 11 is 0. The maximum absolute atomic E-state index is 13.0. The minimum absolute atomic E-state index is 0.0836. The van der Waals surface area contributed by atoms with Crippen molar-refractivity contribution >= 4 is 27.9 Å². The quantitative estimate of drug-likeness (QED) is 0.191. The van der Waals surface area contributed by atoms with Gasteiger partial charge in [0.2, 0.25) is 6.41 Å². The van der Waals surface area contributed by atoms with Crippen LogP contribution in [0.2, 0.25) is 0 Å². The summed E-state index contributed by atoms with van der Waals surface area (Å²) in [6.07, 6.45) is 0.368. The number of hydrazine groups is 1. The van der Waals surface area contributed by atoms with Gasteiger partial charge in [0.25, 0.3) is 0 Å². The monoisotopic (exact) mass is 512 g/mol. The Morgan fingerprint density at radius 3 is 2.17 bits per heavy atom. The van der Waals surface area contributed by atoms with Gasteiger partial charge in [-0.15, -0.1) is 0 Å². The third-order valence-electron chi connectivity index (χ3n) is 5.34. The average Bonchev–Trinajstić information content (AvgIpc) is 2.87. The highest BCUT2D eigenvalue weighted by atomic mass is 32.2. The fourth-order valence-corrected chi connectivity index (χ4v) is 5.14. The molecule has 0 spiro atoms. The molecule has 0 heterocycles. The molecule has 0 radical (unpaired) electrons. The van der Waals surface area contributed by atoms with Crippen LogP contribution in [0.4, 0.5) is 5.69 Å². The fraction of sp³-hybridized carbons (Fsp3) is 0.231. The molecule has 0 aromatic heterocycles. The van der Waals surface area contributed by atoms with Crippen molar-refractivity contribution in [2.75, 3.05) is 31.0 Å². The lowest BCUT2D eigenvalue weighted by Crippen LogP contribution is -2.38. The smallest absolute Gasteiger partial charge is 0.303 e. The second-order valence-electron chi connectivity index (χ2n) is 7.93. The van der Waals surface area contributed by atoms with Crippen molar-refractivity contribution in [3.05, 3.63) is 84.4 Å². The van der Waals surface area contributed by atoms with Gasteiger partial charge in [0.1, 0.15) is 11.5 Å². The third-order valence-corrected chi connectivity index (χ3v) is 7.17. The Morgan fingerprint density at radius 2 is 1.61 bits per heavy atom. The van der Waals surface area contributed by atoms with Crippen molar-refractivity contribution in [3.63, 3.8) is 0 Å². The van der Waals surface area contributed by atoms with E-state index in [0.29, 0.717) is 42.3 Å². The van der Waals surface area contributed by atoms with E-state index >= 15 is 0 Å². The Morgan fingerprint density at radius 1 is 1.00 bits per heavy atom. The van der Waals surface area contributed by atoms with E-state index in [1.54, 1.807) is 73.8 Å². The standard InChI is InChI=1S/C26H28N2O7S/c1-34-16-15-27-28(19-29)22-7-9-23(10-8-22)35-24-11-13-25(14-12-24)36(32,33)18-21(17-26(30)31)20-5-3-2-4-6-20/h2-14,19,21,27H,15-18H2,1H3,(H,30,31). The molecule has 0 bridgehead atoms. The van der Waals surface area contributed by atoms with Crippen LogP contribution < -0.4 is 15.2 Å². The number of nitrogens with one attached hydrogen (secondary N) is 1. The molecule has 1 atom stereocenters. The summed E-state index contributed by atoms with van der Waals surface area (Å²) in [6, 6.07) is 21.5. The van der Waals surface area contributed by atoms with Crippen LogP contribution in [0.5, 0.6) is 11.5 Å². The van der Waals surface area contributed by atoms with Crippen LogP contribution in [0.15, 0.2) is 83.8 Å². The van der Waals surface area contributed by atoms with E-state index in [-0.39, 0.29) is 17.1 Å². The molecule has 9 nitrogen and oxygen atoms in total. The number of amides is 1. The Labute approximate surface area is 210 Å². The summed E-state index contributed by atoms with van der Waals surface area (Å²) in [6.45, 7) is 0.912. The number of hydrogen-bond donors (Lipinski definition) is 2. The van der Waals surface area contributed by atoms with Gasteiger partial charge in [-0.1, -0.05) is 30.3 Å². The zero-order valence-corrected chi connectivity index (χ0v) is 20.6. The Kier molecular flexibility index (Phi) is 9.57. The van der Waals surface area contributed by atoms with Crippen LogP contribution in [-0.2, 0) is 24.2 Å². The third kappa shape index (κ3) is 7.64. The number of nitrogens with zero attached hydrogens (tertiary/aromatic N) is 1. The number of carbonyl (C=O) groups is 2. The number of carboxylic acids is 1. The van der Waals surface area contributed by atoms with Gasteiger partial charge in [0.05, 0.1) is 29.4 Å². The van der Waals surface area contributed by atoms with Crippen molar-refractivity contribution < 1.29 is 32.6 Å². The van der Waals surface area contributed by atoms with Gasteiger partial charge in [0.15, 0.2) is 9.84 Å². The Hall–Kier alpha value is -3.73. The van der Waals surface area contributed by atoms with Crippen molar-refractivity contribution in [3.8, 4) is 11.5 Å². The largest absolute Gasteiger partial charge is 0.481 e. The normalized spacial score (nSPS) is 12.0. The predicted molar refractivity (Wildman–Crippen MR) is 135 cm³/mol. The minimum Gasteiger partial charge on any atom is -0.481 e. The molecule has 1 amide bonds. The van der Waals surface area contributed by atoms with E-state index in [1.807, 2.05) is 0 Å². The summed E-state index contributed by atoms with van der Waals surface area (Å²) < 4.78 is 36.8. The SMILES string of the molecule is COCCNN(C=O)c1ccc(Oc2ccc(S(=O)(=O)CC(CC(=O)O)c3ccccc3)cc2)cc1. The highest BCUT2D eigenvalue weighted by Gasteiger charge is 2.25. The van der Waals surface area contributed by atoms with Crippen LogP contribution in [-0.4, -0.2) is 51.9 Å². The van der Waals surface area contributed by atoms with Gasteiger partial charge in [-0.05, 0) is 54.1 Å². The fourth-order valence-electron chi connectivity index (χ4n) is 3.55. The number of methoxy groups -OCH3 is 1. The van der Waals surface area contributed by atoms with Gasteiger partial charge >= 0.3 is 5.97 Å². The first-order valence-corrected chi connectivity index (χ1v) is 12.8. The first-order valence-electron chi connectivity index (χ1n) is 11.2. The maximum atomic E-state index is 13.0. The van der Waals surface area contributed by atoms with E-state index in [9.17, 15) is 23.1 Å². The number of benzene rings is 3. The number of carboxylic acid groups (broad SMARTS) is 1. The second-order valence-corrected chi connectivity index (χ2v) is 9.96. The van der Waals surface area contributed by atoms with Crippen LogP contribution >= 0.6 is 0 Å². The minimum atomic E-state index is -3.74.